The molecule has 1 aromatic carbocycles. The number of nitrogen functional groups attached to an aromatic ring is 1. The second-order valence-corrected chi connectivity index (χ2v) is 3.76. The Hall–Kier alpha value is -1.55. The van der Waals surface area contributed by atoms with Gasteiger partial charge in [-0.05, 0) is 31.5 Å². The van der Waals surface area contributed by atoms with Crippen LogP contribution in [0.2, 0.25) is 0 Å². The molecule has 1 unspecified atom stereocenters. The Labute approximate surface area is 88.3 Å². The molecule has 80 valence electrons. The number of fused-ring (bicyclic) bond motifs is 1. The lowest BCUT2D eigenvalue weighted by Gasteiger charge is -2.12. The summed E-state index contributed by atoms with van der Waals surface area (Å²) in [5.41, 5.74) is 8.37. The summed E-state index contributed by atoms with van der Waals surface area (Å²) in [6.45, 7) is 2.25. The van der Waals surface area contributed by atoms with Gasteiger partial charge in [0.1, 0.15) is 0 Å². The highest BCUT2D eigenvalue weighted by Gasteiger charge is 2.08. The predicted octanol–water partition coefficient (Wildman–Crippen LogP) is 1.56. The summed E-state index contributed by atoms with van der Waals surface area (Å²) in [5, 5.41) is 8.90. The molecule has 0 spiro atoms. The summed E-state index contributed by atoms with van der Waals surface area (Å²) >= 11 is 0. The van der Waals surface area contributed by atoms with E-state index < -0.39 is 0 Å². The van der Waals surface area contributed by atoms with Crippen LogP contribution in [0.4, 0.5) is 5.69 Å². The number of aliphatic hydroxyl groups excluding tert-OH is 1. The topological polar surface area (TPSA) is 64.1 Å². The predicted molar refractivity (Wildman–Crippen MR) is 60.6 cm³/mol. The van der Waals surface area contributed by atoms with Gasteiger partial charge >= 0.3 is 0 Å². The number of hydrogen-bond donors (Lipinski definition) is 2. The number of hydrogen-bond acceptors (Lipinski definition) is 3. The fourth-order valence-corrected chi connectivity index (χ4v) is 1.73. The summed E-state index contributed by atoms with van der Waals surface area (Å²) in [6.07, 6.45) is 2.53. The van der Waals surface area contributed by atoms with Crippen LogP contribution in [0.15, 0.2) is 24.5 Å². The van der Waals surface area contributed by atoms with E-state index in [0.717, 1.165) is 23.1 Å². The zero-order valence-electron chi connectivity index (χ0n) is 8.72. The summed E-state index contributed by atoms with van der Waals surface area (Å²) in [4.78, 5) is 4.28. The third-order valence-electron chi connectivity index (χ3n) is 2.62. The highest BCUT2D eigenvalue weighted by atomic mass is 16.3. The van der Waals surface area contributed by atoms with Crippen molar-refractivity contribution in [2.45, 2.75) is 19.4 Å². The maximum atomic E-state index is 8.90. The van der Waals surface area contributed by atoms with Gasteiger partial charge in [-0.15, -0.1) is 0 Å². The van der Waals surface area contributed by atoms with Gasteiger partial charge in [0.15, 0.2) is 0 Å². The Balaban J connectivity index is 2.44. The first kappa shape index (κ1) is 9.98. The molecule has 1 atom stereocenters. The number of aliphatic hydroxyl groups is 1. The molecule has 0 bridgehead atoms. The van der Waals surface area contributed by atoms with E-state index >= 15 is 0 Å². The first-order chi connectivity index (χ1) is 7.22. The van der Waals surface area contributed by atoms with E-state index in [0.29, 0.717) is 0 Å². The molecule has 0 saturated carbocycles. The minimum atomic E-state index is 0.190. The second kappa shape index (κ2) is 3.90. The molecular formula is C11H15N3O. The Morgan fingerprint density at radius 3 is 3.07 bits per heavy atom. The van der Waals surface area contributed by atoms with Gasteiger partial charge in [0.25, 0.3) is 0 Å². The first-order valence-corrected chi connectivity index (χ1v) is 5.05. The lowest BCUT2D eigenvalue weighted by molar-refractivity contribution is 0.264. The molecule has 0 fully saturated rings. The van der Waals surface area contributed by atoms with Crippen molar-refractivity contribution in [3.05, 3.63) is 24.5 Å². The van der Waals surface area contributed by atoms with Crippen LogP contribution >= 0.6 is 0 Å². The maximum Gasteiger partial charge on any atom is 0.0960 e. The Kier molecular flexibility index (Phi) is 2.60. The van der Waals surface area contributed by atoms with Crippen LogP contribution in [0.3, 0.4) is 0 Å². The van der Waals surface area contributed by atoms with Gasteiger partial charge in [-0.3, -0.25) is 0 Å². The van der Waals surface area contributed by atoms with Gasteiger partial charge in [0, 0.05) is 18.3 Å². The number of benzene rings is 1. The zero-order valence-corrected chi connectivity index (χ0v) is 8.72. The van der Waals surface area contributed by atoms with Gasteiger partial charge in [0.2, 0.25) is 0 Å². The molecule has 3 N–H and O–H groups in total. The van der Waals surface area contributed by atoms with Crippen LogP contribution in [0.25, 0.3) is 11.0 Å². The van der Waals surface area contributed by atoms with Crippen molar-refractivity contribution in [1.82, 2.24) is 9.55 Å². The summed E-state index contributed by atoms with van der Waals surface area (Å²) < 4.78 is 2.06. The molecule has 0 aliphatic heterocycles. The molecule has 0 radical (unpaired) electrons. The number of anilines is 1. The van der Waals surface area contributed by atoms with E-state index in [1.54, 1.807) is 6.33 Å². The van der Waals surface area contributed by atoms with Gasteiger partial charge in [-0.2, -0.15) is 0 Å². The smallest absolute Gasteiger partial charge is 0.0960 e. The van der Waals surface area contributed by atoms with Crippen LogP contribution in [-0.4, -0.2) is 21.3 Å². The van der Waals surface area contributed by atoms with Gasteiger partial charge < -0.3 is 15.4 Å². The lowest BCUT2D eigenvalue weighted by Crippen LogP contribution is -2.05. The van der Waals surface area contributed by atoms with E-state index in [1.807, 2.05) is 18.2 Å². The molecule has 0 amide bonds. The number of nitrogens with zero attached hydrogens (tertiary/aromatic N) is 2. The molecule has 0 aliphatic carbocycles. The molecule has 15 heavy (non-hydrogen) atoms. The minimum Gasteiger partial charge on any atom is -0.399 e. The molecule has 4 heteroatoms. The summed E-state index contributed by atoms with van der Waals surface area (Å²) in [5.74, 6) is 0. The number of aromatic nitrogens is 2. The van der Waals surface area contributed by atoms with E-state index in [4.69, 9.17) is 10.8 Å². The van der Waals surface area contributed by atoms with Crippen LogP contribution < -0.4 is 5.73 Å². The van der Waals surface area contributed by atoms with Gasteiger partial charge in [-0.1, -0.05) is 0 Å². The van der Waals surface area contributed by atoms with Crippen LogP contribution in [0.5, 0.6) is 0 Å². The van der Waals surface area contributed by atoms with Gasteiger partial charge in [0.05, 0.1) is 17.4 Å². The van der Waals surface area contributed by atoms with Crippen LogP contribution in [0, 0.1) is 0 Å². The third kappa shape index (κ3) is 1.80. The van der Waals surface area contributed by atoms with Crippen molar-refractivity contribution < 1.29 is 5.11 Å². The summed E-state index contributed by atoms with van der Waals surface area (Å²) in [6, 6.07) is 5.94. The fraction of sp³-hybridized carbons (Fsp3) is 0.364. The average molecular weight is 205 g/mol. The zero-order chi connectivity index (χ0) is 10.8. The highest BCUT2D eigenvalue weighted by molar-refractivity contribution is 5.79. The number of nitrogens with two attached hydrogens (primary N) is 1. The third-order valence-corrected chi connectivity index (χ3v) is 2.62. The van der Waals surface area contributed by atoms with E-state index in [-0.39, 0.29) is 12.6 Å². The van der Waals surface area contributed by atoms with E-state index in [2.05, 4.69) is 16.5 Å². The second-order valence-electron chi connectivity index (χ2n) is 3.76. The average Bonchev–Trinajstić information content (AvgIpc) is 2.60. The lowest BCUT2D eigenvalue weighted by atomic mass is 10.2. The van der Waals surface area contributed by atoms with Crippen LogP contribution in [-0.2, 0) is 0 Å². The van der Waals surface area contributed by atoms with Crippen molar-refractivity contribution in [1.29, 1.82) is 0 Å². The van der Waals surface area contributed by atoms with Crippen molar-refractivity contribution in [3.8, 4) is 0 Å². The molecular weight excluding hydrogens is 190 g/mol. The largest absolute Gasteiger partial charge is 0.399 e. The molecule has 0 saturated heterocycles. The SMILES string of the molecule is CC(CCO)n1cnc2cc(N)ccc21. The Morgan fingerprint density at radius 1 is 1.53 bits per heavy atom. The molecule has 2 aromatic rings. The monoisotopic (exact) mass is 205 g/mol. The Morgan fingerprint density at radius 2 is 2.33 bits per heavy atom. The van der Waals surface area contributed by atoms with Crippen molar-refractivity contribution in [3.63, 3.8) is 0 Å². The number of imidazole rings is 1. The molecule has 1 aromatic heterocycles. The van der Waals surface area contributed by atoms with Crippen molar-refractivity contribution in [2.24, 2.45) is 0 Å². The van der Waals surface area contributed by atoms with Crippen LogP contribution in [0.1, 0.15) is 19.4 Å². The van der Waals surface area contributed by atoms with E-state index in [1.165, 1.54) is 0 Å². The van der Waals surface area contributed by atoms with E-state index in [9.17, 15) is 0 Å². The molecule has 4 nitrogen and oxygen atoms in total. The number of rotatable bonds is 3. The minimum absolute atomic E-state index is 0.190. The highest BCUT2D eigenvalue weighted by Crippen LogP contribution is 2.21. The normalized spacial score (nSPS) is 13.2. The molecule has 1 heterocycles. The maximum absolute atomic E-state index is 8.90. The van der Waals surface area contributed by atoms with Crippen molar-refractivity contribution in [2.75, 3.05) is 12.3 Å². The molecule has 0 aliphatic rings. The van der Waals surface area contributed by atoms with Crippen molar-refractivity contribution >= 4 is 16.7 Å². The summed E-state index contributed by atoms with van der Waals surface area (Å²) in [7, 11) is 0. The van der Waals surface area contributed by atoms with Gasteiger partial charge in [-0.25, -0.2) is 4.98 Å². The molecule has 2 rings (SSSR count). The first-order valence-electron chi connectivity index (χ1n) is 5.05. The standard InChI is InChI=1S/C11H15N3O/c1-8(4-5-15)14-7-13-10-6-9(12)2-3-11(10)14/h2-3,6-8,15H,4-5,12H2,1H3. The Bertz CT molecular complexity index is 464. The quantitative estimate of drug-likeness (QED) is 0.747. The fourth-order valence-electron chi connectivity index (χ4n) is 1.73.